The molecule has 3 rings (SSSR count). The highest BCUT2D eigenvalue weighted by atomic mass is 35.5. The number of carbonyl (C=O) groups excluding carboxylic acids is 3. The maximum atomic E-state index is 13.0. The summed E-state index contributed by atoms with van der Waals surface area (Å²) >= 11 is 6.06. The van der Waals surface area contributed by atoms with Gasteiger partial charge in [0.2, 0.25) is 17.7 Å². The third-order valence-corrected chi connectivity index (χ3v) is 4.92. The molecule has 2 N–H and O–H groups in total. The number of benzene rings is 2. The van der Waals surface area contributed by atoms with E-state index in [1.54, 1.807) is 53.2 Å². The van der Waals surface area contributed by atoms with E-state index in [-0.39, 0.29) is 43.3 Å². The molecule has 0 radical (unpaired) electrons. The van der Waals surface area contributed by atoms with E-state index in [0.29, 0.717) is 22.1 Å². The van der Waals surface area contributed by atoms with Crippen LogP contribution in [0.5, 0.6) is 0 Å². The summed E-state index contributed by atoms with van der Waals surface area (Å²) in [6, 6.07) is 13.9. The van der Waals surface area contributed by atoms with Crippen molar-refractivity contribution in [2.45, 2.75) is 19.4 Å². The quantitative estimate of drug-likeness (QED) is 0.788. The Bertz CT molecular complexity index is 934. The van der Waals surface area contributed by atoms with Gasteiger partial charge in [-0.25, -0.2) is 0 Å². The van der Waals surface area contributed by atoms with Crippen molar-refractivity contribution in [1.82, 2.24) is 4.90 Å². The number of carbonyl (C=O) groups is 3. The number of amides is 3. The van der Waals surface area contributed by atoms with Crippen molar-refractivity contribution >= 4 is 46.4 Å². The van der Waals surface area contributed by atoms with Crippen LogP contribution in [0.2, 0.25) is 5.02 Å². The number of likely N-dealkylation sites (N-methyl/N-ethyl adjacent to an activating group) is 1. The van der Waals surface area contributed by atoms with Gasteiger partial charge < -0.3 is 15.5 Å². The molecule has 0 unspecified atom stereocenters. The summed E-state index contributed by atoms with van der Waals surface area (Å²) in [4.78, 5) is 40.6. The number of para-hydroxylation sites is 3. The van der Waals surface area contributed by atoms with Crippen molar-refractivity contribution < 1.29 is 14.4 Å². The number of hydrogen-bond acceptors (Lipinski definition) is 4. The molecule has 0 saturated carbocycles. The summed E-state index contributed by atoms with van der Waals surface area (Å²) in [6.07, 6.45) is 0.205. The highest BCUT2D eigenvalue weighted by molar-refractivity contribution is 6.33. The summed E-state index contributed by atoms with van der Waals surface area (Å²) in [5.41, 5.74) is 1.79. The van der Waals surface area contributed by atoms with Gasteiger partial charge in [-0.2, -0.15) is 0 Å². The van der Waals surface area contributed by atoms with Gasteiger partial charge >= 0.3 is 0 Å². The highest BCUT2D eigenvalue weighted by Gasteiger charge is 2.30. The van der Waals surface area contributed by atoms with Crippen LogP contribution in [0, 0.1) is 0 Å². The molecule has 0 aliphatic carbocycles. The Balaban J connectivity index is 1.66. The zero-order valence-electron chi connectivity index (χ0n) is 16.3. The zero-order valence-corrected chi connectivity index (χ0v) is 17.1. The van der Waals surface area contributed by atoms with Crippen molar-refractivity contribution in [3.05, 3.63) is 53.6 Å². The number of hydrogen-bond donors (Lipinski definition) is 2. The molecule has 1 aliphatic heterocycles. The van der Waals surface area contributed by atoms with Crippen LogP contribution in [0.15, 0.2) is 48.5 Å². The molecule has 1 aliphatic rings. The minimum atomic E-state index is -0.295. The van der Waals surface area contributed by atoms with E-state index in [4.69, 9.17) is 11.6 Å². The molecule has 0 fully saturated rings. The standard InChI is InChI=1S/C21H23ClN4O3/c1-14-11-19(27)24-17-9-5-6-10-18(17)26(14)21(29)13-25(2)12-20(28)23-16-8-4-3-7-15(16)22/h3-10,14H,11-13H2,1-2H3,(H,23,28)(H,24,27)/t14-/m0/s1. The molecule has 8 heteroatoms. The maximum Gasteiger partial charge on any atom is 0.241 e. The first-order valence-corrected chi connectivity index (χ1v) is 9.67. The Morgan fingerprint density at radius 1 is 1.17 bits per heavy atom. The molecular formula is C21H23ClN4O3. The van der Waals surface area contributed by atoms with E-state index in [0.717, 1.165) is 0 Å². The molecular weight excluding hydrogens is 392 g/mol. The molecule has 2 aromatic rings. The second kappa shape index (κ2) is 9.07. The van der Waals surface area contributed by atoms with E-state index in [1.807, 2.05) is 19.1 Å². The van der Waals surface area contributed by atoms with Gasteiger partial charge in [0, 0.05) is 12.5 Å². The lowest BCUT2D eigenvalue weighted by Crippen LogP contribution is -2.45. The van der Waals surface area contributed by atoms with Crippen molar-refractivity contribution in [1.29, 1.82) is 0 Å². The van der Waals surface area contributed by atoms with Gasteiger partial charge in [0.15, 0.2) is 0 Å². The Kier molecular flexibility index (Phi) is 6.51. The molecule has 1 atom stereocenters. The molecule has 7 nitrogen and oxygen atoms in total. The zero-order chi connectivity index (χ0) is 21.0. The SMILES string of the molecule is C[C@H]1CC(=O)Nc2ccccc2N1C(=O)CN(C)CC(=O)Nc1ccccc1Cl. The minimum Gasteiger partial charge on any atom is -0.324 e. The van der Waals surface area contributed by atoms with Crippen LogP contribution in [0.4, 0.5) is 17.1 Å². The molecule has 0 spiro atoms. The van der Waals surface area contributed by atoms with Gasteiger partial charge in [-0.05, 0) is 38.2 Å². The van der Waals surface area contributed by atoms with Crippen molar-refractivity contribution in [2.24, 2.45) is 0 Å². The largest absolute Gasteiger partial charge is 0.324 e. The Labute approximate surface area is 174 Å². The van der Waals surface area contributed by atoms with Crippen LogP contribution in [-0.4, -0.2) is 48.8 Å². The van der Waals surface area contributed by atoms with Gasteiger partial charge in [0.05, 0.1) is 35.2 Å². The fraction of sp³-hybridized carbons (Fsp3) is 0.286. The van der Waals surface area contributed by atoms with E-state index in [9.17, 15) is 14.4 Å². The first-order valence-electron chi connectivity index (χ1n) is 9.29. The highest BCUT2D eigenvalue weighted by Crippen LogP contribution is 2.31. The second-order valence-electron chi connectivity index (χ2n) is 7.08. The number of fused-ring (bicyclic) bond motifs is 1. The summed E-state index contributed by atoms with van der Waals surface area (Å²) in [5.74, 6) is -0.586. The van der Waals surface area contributed by atoms with Crippen molar-refractivity contribution in [3.8, 4) is 0 Å². The fourth-order valence-electron chi connectivity index (χ4n) is 3.33. The third kappa shape index (κ3) is 5.13. The van der Waals surface area contributed by atoms with Crippen LogP contribution >= 0.6 is 11.6 Å². The number of halogens is 1. The lowest BCUT2D eigenvalue weighted by molar-refractivity contribution is -0.121. The number of nitrogens with one attached hydrogen (secondary N) is 2. The molecule has 2 aromatic carbocycles. The molecule has 0 bridgehead atoms. The molecule has 29 heavy (non-hydrogen) atoms. The second-order valence-corrected chi connectivity index (χ2v) is 7.49. The van der Waals surface area contributed by atoms with E-state index < -0.39 is 0 Å². The van der Waals surface area contributed by atoms with Crippen LogP contribution in [-0.2, 0) is 14.4 Å². The molecule has 0 aromatic heterocycles. The average molecular weight is 415 g/mol. The predicted molar refractivity (Wildman–Crippen MR) is 114 cm³/mol. The van der Waals surface area contributed by atoms with Crippen LogP contribution in [0.3, 0.4) is 0 Å². The lowest BCUT2D eigenvalue weighted by Gasteiger charge is -2.29. The van der Waals surface area contributed by atoms with E-state index >= 15 is 0 Å². The summed E-state index contributed by atoms with van der Waals surface area (Å²) in [5, 5.41) is 6.03. The molecule has 3 amide bonds. The van der Waals surface area contributed by atoms with Crippen molar-refractivity contribution in [3.63, 3.8) is 0 Å². The monoisotopic (exact) mass is 414 g/mol. The molecule has 1 heterocycles. The van der Waals surface area contributed by atoms with Gasteiger partial charge in [0.25, 0.3) is 0 Å². The molecule has 152 valence electrons. The predicted octanol–water partition coefficient (Wildman–Crippen LogP) is 2.97. The van der Waals surface area contributed by atoms with Crippen LogP contribution in [0.1, 0.15) is 13.3 Å². The van der Waals surface area contributed by atoms with Gasteiger partial charge in [-0.15, -0.1) is 0 Å². The number of anilines is 3. The van der Waals surface area contributed by atoms with Gasteiger partial charge in [-0.1, -0.05) is 35.9 Å². The minimum absolute atomic E-state index is 0.0258. The Morgan fingerprint density at radius 2 is 1.86 bits per heavy atom. The summed E-state index contributed by atoms with van der Waals surface area (Å²) < 4.78 is 0. The number of rotatable bonds is 5. The van der Waals surface area contributed by atoms with Crippen LogP contribution < -0.4 is 15.5 Å². The summed E-state index contributed by atoms with van der Waals surface area (Å²) in [6.45, 7) is 1.89. The van der Waals surface area contributed by atoms with E-state index in [1.165, 1.54) is 0 Å². The Morgan fingerprint density at radius 3 is 2.62 bits per heavy atom. The van der Waals surface area contributed by atoms with Crippen molar-refractivity contribution in [2.75, 3.05) is 35.7 Å². The average Bonchev–Trinajstić information content (AvgIpc) is 2.77. The smallest absolute Gasteiger partial charge is 0.241 e. The normalized spacial score (nSPS) is 16.1. The topological polar surface area (TPSA) is 81.8 Å². The number of nitrogens with zero attached hydrogens (tertiary/aromatic N) is 2. The summed E-state index contributed by atoms with van der Waals surface area (Å²) in [7, 11) is 1.70. The Hall–Kier alpha value is -2.90. The first-order chi connectivity index (χ1) is 13.8. The third-order valence-electron chi connectivity index (χ3n) is 4.59. The first kappa shape index (κ1) is 20.8. The molecule has 0 saturated heterocycles. The lowest BCUT2D eigenvalue weighted by atomic mass is 10.1. The van der Waals surface area contributed by atoms with Gasteiger partial charge in [-0.3, -0.25) is 19.3 Å². The van der Waals surface area contributed by atoms with Gasteiger partial charge in [0.1, 0.15) is 0 Å². The van der Waals surface area contributed by atoms with Crippen LogP contribution in [0.25, 0.3) is 0 Å². The maximum absolute atomic E-state index is 13.0. The van der Waals surface area contributed by atoms with E-state index in [2.05, 4.69) is 10.6 Å². The fourth-order valence-corrected chi connectivity index (χ4v) is 3.51.